The van der Waals surface area contributed by atoms with Crippen LogP contribution in [0.2, 0.25) is 0 Å². The summed E-state index contributed by atoms with van der Waals surface area (Å²) < 4.78 is 24.8. The third-order valence-electron chi connectivity index (χ3n) is 3.36. The highest BCUT2D eigenvalue weighted by Crippen LogP contribution is 2.23. The van der Waals surface area contributed by atoms with E-state index >= 15 is 0 Å². The number of carbonyl (C=O) groups is 1. The molecule has 6 nitrogen and oxygen atoms in total. The van der Waals surface area contributed by atoms with Gasteiger partial charge < -0.3 is 5.32 Å². The lowest BCUT2D eigenvalue weighted by Gasteiger charge is -2.13. The Morgan fingerprint density at radius 2 is 1.96 bits per heavy atom. The lowest BCUT2D eigenvalue weighted by molar-refractivity contribution is 0.0941. The summed E-state index contributed by atoms with van der Waals surface area (Å²) in [5.41, 5.74) is 1.74. The van der Waals surface area contributed by atoms with E-state index in [1.165, 1.54) is 5.56 Å². The fourth-order valence-corrected chi connectivity index (χ4v) is 3.90. The van der Waals surface area contributed by atoms with Crippen molar-refractivity contribution in [3.63, 3.8) is 0 Å². The van der Waals surface area contributed by atoms with E-state index in [2.05, 4.69) is 27.2 Å². The summed E-state index contributed by atoms with van der Waals surface area (Å²) in [4.78, 5) is 16.9. The first-order valence-corrected chi connectivity index (χ1v) is 10.3. The number of thiazole rings is 1. The highest BCUT2D eigenvalue weighted by Gasteiger charge is 2.18. The Labute approximate surface area is 146 Å². The second-order valence-corrected chi connectivity index (χ2v) is 8.45. The van der Waals surface area contributed by atoms with Crippen LogP contribution >= 0.6 is 11.3 Å². The van der Waals surface area contributed by atoms with Gasteiger partial charge in [-0.2, -0.15) is 0 Å². The normalized spacial score (nSPS) is 12.6. The molecule has 0 saturated heterocycles. The number of aromatic nitrogens is 1. The van der Waals surface area contributed by atoms with Gasteiger partial charge in [-0.1, -0.05) is 41.7 Å². The van der Waals surface area contributed by atoms with Crippen molar-refractivity contribution in [2.45, 2.75) is 32.7 Å². The Hall–Kier alpha value is -1.93. The average Bonchev–Trinajstić information content (AvgIpc) is 2.84. The van der Waals surface area contributed by atoms with Gasteiger partial charge in [0.25, 0.3) is 5.91 Å². The SMILES string of the molecule is Cc1nc(NS(C)(=O)=O)sc1C(=O)N[C@@H](C)CCc1ccccc1. The van der Waals surface area contributed by atoms with Crippen LogP contribution in [0.1, 0.15) is 34.3 Å². The van der Waals surface area contributed by atoms with Gasteiger partial charge in [-0.25, -0.2) is 13.4 Å². The summed E-state index contributed by atoms with van der Waals surface area (Å²) in [6, 6.07) is 10.1. The van der Waals surface area contributed by atoms with Crippen LogP contribution in [0.25, 0.3) is 0 Å². The third kappa shape index (κ3) is 5.61. The van der Waals surface area contributed by atoms with E-state index in [-0.39, 0.29) is 17.1 Å². The van der Waals surface area contributed by atoms with Crippen LogP contribution in [0.5, 0.6) is 0 Å². The molecule has 2 rings (SSSR count). The number of aryl methyl sites for hydroxylation is 2. The molecule has 0 aliphatic carbocycles. The van der Waals surface area contributed by atoms with E-state index in [4.69, 9.17) is 0 Å². The predicted octanol–water partition coefficient (Wildman–Crippen LogP) is 2.57. The molecular formula is C16H21N3O3S2. The van der Waals surface area contributed by atoms with Crippen LogP contribution in [0.4, 0.5) is 5.13 Å². The van der Waals surface area contributed by atoms with Crippen molar-refractivity contribution in [1.29, 1.82) is 0 Å². The summed E-state index contributed by atoms with van der Waals surface area (Å²) in [6.45, 7) is 3.64. The summed E-state index contributed by atoms with van der Waals surface area (Å²) >= 11 is 1.04. The van der Waals surface area contributed by atoms with Gasteiger partial charge in [0.1, 0.15) is 4.88 Å². The maximum absolute atomic E-state index is 12.3. The van der Waals surface area contributed by atoms with Gasteiger partial charge in [-0.05, 0) is 32.3 Å². The largest absolute Gasteiger partial charge is 0.349 e. The Morgan fingerprint density at radius 1 is 1.29 bits per heavy atom. The van der Waals surface area contributed by atoms with Crippen molar-refractivity contribution in [3.05, 3.63) is 46.5 Å². The molecule has 2 N–H and O–H groups in total. The van der Waals surface area contributed by atoms with Crippen LogP contribution in [-0.2, 0) is 16.4 Å². The van der Waals surface area contributed by atoms with Gasteiger partial charge in [0.2, 0.25) is 10.0 Å². The summed E-state index contributed by atoms with van der Waals surface area (Å²) in [7, 11) is -3.40. The maximum atomic E-state index is 12.3. The minimum Gasteiger partial charge on any atom is -0.349 e. The summed E-state index contributed by atoms with van der Waals surface area (Å²) in [6.07, 6.45) is 2.75. The lowest BCUT2D eigenvalue weighted by atomic mass is 10.1. The first-order chi connectivity index (χ1) is 11.2. The van der Waals surface area contributed by atoms with Crippen LogP contribution in [0.15, 0.2) is 30.3 Å². The number of hydrogen-bond acceptors (Lipinski definition) is 5. The molecule has 130 valence electrons. The highest BCUT2D eigenvalue weighted by molar-refractivity contribution is 7.92. The number of benzene rings is 1. The Kier molecular flexibility index (Phi) is 5.95. The Morgan fingerprint density at radius 3 is 2.58 bits per heavy atom. The molecule has 1 atom stereocenters. The van der Waals surface area contributed by atoms with Crippen molar-refractivity contribution >= 4 is 32.4 Å². The van der Waals surface area contributed by atoms with E-state index < -0.39 is 10.0 Å². The second-order valence-electron chi connectivity index (χ2n) is 5.71. The van der Waals surface area contributed by atoms with Gasteiger partial charge in [0.15, 0.2) is 5.13 Å². The number of hydrogen-bond donors (Lipinski definition) is 2. The van der Waals surface area contributed by atoms with Gasteiger partial charge in [0.05, 0.1) is 11.9 Å². The van der Waals surface area contributed by atoms with Crippen molar-refractivity contribution in [3.8, 4) is 0 Å². The van der Waals surface area contributed by atoms with Crippen molar-refractivity contribution < 1.29 is 13.2 Å². The molecule has 0 fully saturated rings. The minimum atomic E-state index is -3.40. The molecule has 0 unspecified atom stereocenters. The van der Waals surface area contributed by atoms with E-state index in [1.54, 1.807) is 6.92 Å². The molecule has 0 aliphatic rings. The second kappa shape index (κ2) is 7.76. The maximum Gasteiger partial charge on any atom is 0.263 e. The minimum absolute atomic E-state index is 0.00511. The first kappa shape index (κ1) is 18.4. The van der Waals surface area contributed by atoms with Crippen LogP contribution in [0, 0.1) is 6.92 Å². The molecule has 0 radical (unpaired) electrons. The molecule has 1 heterocycles. The molecule has 1 aromatic heterocycles. The molecular weight excluding hydrogens is 346 g/mol. The van der Waals surface area contributed by atoms with Gasteiger partial charge in [-0.3, -0.25) is 9.52 Å². The molecule has 1 aromatic carbocycles. The van der Waals surface area contributed by atoms with E-state index in [1.807, 2.05) is 25.1 Å². The average molecular weight is 367 g/mol. The van der Waals surface area contributed by atoms with E-state index in [0.717, 1.165) is 30.4 Å². The highest BCUT2D eigenvalue weighted by atomic mass is 32.2. The molecule has 0 bridgehead atoms. The van der Waals surface area contributed by atoms with Crippen molar-refractivity contribution in [1.82, 2.24) is 10.3 Å². The number of nitrogens with one attached hydrogen (secondary N) is 2. The standard InChI is InChI=1S/C16H21N3O3S2/c1-11(9-10-13-7-5-4-6-8-13)17-15(20)14-12(2)18-16(23-14)19-24(3,21)22/h4-8,11H,9-10H2,1-3H3,(H,17,20)(H,18,19)/t11-/m0/s1. The molecule has 24 heavy (non-hydrogen) atoms. The molecule has 0 spiro atoms. The quantitative estimate of drug-likeness (QED) is 0.787. The molecule has 2 aromatic rings. The predicted molar refractivity (Wildman–Crippen MR) is 97.0 cm³/mol. The number of anilines is 1. The van der Waals surface area contributed by atoms with E-state index in [9.17, 15) is 13.2 Å². The summed E-state index contributed by atoms with van der Waals surface area (Å²) in [5, 5.41) is 3.14. The van der Waals surface area contributed by atoms with Crippen molar-refractivity contribution in [2.24, 2.45) is 0 Å². The molecule has 8 heteroatoms. The fraction of sp³-hybridized carbons (Fsp3) is 0.375. The molecule has 0 aliphatic heterocycles. The van der Waals surface area contributed by atoms with E-state index in [0.29, 0.717) is 10.6 Å². The molecule has 1 amide bonds. The topological polar surface area (TPSA) is 88.2 Å². The lowest BCUT2D eigenvalue weighted by Crippen LogP contribution is -2.32. The summed E-state index contributed by atoms with van der Waals surface area (Å²) in [5.74, 6) is -0.230. The smallest absolute Gasteiger partial charge is 0.263 e. The number of nitrogens with zero attached hydrogens (tertiary/aromatic N) is 1. The van der Waals surface area contributed by atoms with Crippen LogP contribution in [0.3, 0.4) is 0 Å². The zero-order valence-electron chi connectivity index (χ0n) is 13.9. The zero-order valence-corrected chi connectivity index (χ0v) is 15.5. The molecule has 0 saturated carbocycles. The van der Waals surface area contributed by atoms with Crippen molar-refractivity contribution in [2.75, 3.05) is 11.0 Å². The Bertz CT molecular complexity index is 801. The zero-order chi connectivity index (χ0) is 17.7. The Balaban J connectivity index is 1.94. The monoisotopic (exact) mass is 367 g/mol. The number of sulfonamides is 1. The van der Waals surface area contributed by atoms with Crippen LogP contribution in [-0.4, -0.2) is 31.6 Å². The van der Waals surface area contributed by atoms with Gasteiger partial charge >= 0.3 is 0 Å². The fourth-order valence-electron chi connectivity index (χ4n) is 2.20. The number of amides is 1. The number of carbonyl (C=O) groups excluding carboxylic acids is 1. The first-order valence-electron chi connectivity index (χ1n) is 7.54. The van der Waals surface area contributed by atoms with Gasteiger partial charge in [0, 0.05) is 6.04 Å². The van der Waals surface area contributed by atoms with Gasteiger partial charge in [-0.15, -0.1) is 0 Å². The van der Waals surface area contributed by atoms with Crippen LogP contribution < -0.4 is 10.0 Å². The third-order valence-corrected chi connectivity index (χ3v) is 5.13. The number of rotatable bonds is 7.